The van der Waals surface area contributed by atoms with E-state index in [0.29, 0.717) is 10.7 Å². The number of benzene rings is 1. The van der Waals surface area contributed by atoms with Crippen LogP contribution in [0.4, 0.5) is 24.7 Å². The molecular weight excluding hydrogens is 367 g/mol. The van der Waals surface area contributed by atoms with Gasteiger partial charge in [0.25, 0.3) is 0 Å². The number of alkyl halides is 3. The third kappa shape index (κ3) is 4.16. The van der Waals surface area contributed by atoms with Crippen LogP contribution in [0.25, 0.3) is 0 Å². The van der Waals surface area contributed by atoms with Gasteiger partial charge < -0.3 is 10.6 Å². The number of nitrogens with one attached hydrogen (secondary N) is 2. The Morgan fingerprint density at radius 3 is 2.73 bits per heavy atom. The van der Waals surface area contributed by atoms with Crippen molar-refractivity contribution in [1.29, 1.82) is 0 Å². The Kier molecular flexibility index (Phi) is 4.90. The predicted octanol–water partition coefficient (Wildman–Crippen LogP) is 3.85. The van der Waals surface area contributed by atoms with Gasteiger partial charge in [0.15, 0.2) is 0 Å². The van der Waals surface area contributed by atoms with Crippen molar-refractivity contribution in [3.8, 4) is 0 Å². The van der Waals surface area contributed by atoms with Crippen LogP contribution >= 0.6 is 11.8 Å². The summed E-state index contributed by atoms with van der Waals surface area (Å²) >= 11 is 1.07. The Morgan fingerprint density at radius 1 is 1.31 bits per heavy atom. The summed E-state index contributed by atoms with van der Waals surface area (Å²) in [6.45, 7) is 1.86. The molecule has 0 fully saturated rings. The average molecular weight is 381 g/mol. The lowest BCUT2D eigenvalue weighted by molar-refractivity contribution is -0.137. The van der Waals surface area contributed by atoms with E-state index in [-0.39, 0.29) is 12.1 Å². The first-order valence-electron chi connectivity index (χ1n) is 7.63. The van der Waals surface area contributed by atoms with Gasteiger partial charge in [0.1, 0.15) is 5.82 Å². The van der Waals surface area contributed by atoms with Crippen molar-refractivity contribution in [3.63, 3.8) is 0 Å². The molecule has 0 saturated carbocycles. The molecule has 136 valence electrons. The average Bonchev–Trinajstić information content (AvgIpc) is 2.56. The number of pyridine rings is 1. The quantitative estimate of drug-likeness (QED) is 0.847. The van der Waals surface area contributed by atoms with Gasteiger partial charge in [-0.25, -0.2) is 4.98 Å². The minimum atomic E-state index is -4.48. The Bertz CT molecular complexity index is 853. The number of halogens is 3. The van der Waals surface area contributed by atoms with E-state index in [1.165, 1.54) is 6.07 Å². The van der Waals surface area contributed by atoms with Gasteiger partial charge in [-0.05, 0) is 36.8 Å². The number of hydrogen-bond acceptors (Lipinski definition) is 4. The standard InChI is InChI=1S/C17H14F3N3O2S/c1-9-2-5-14(21-8-9)23-15(24)7-13-16(25)22-11-6-10(17(18,19)20)3-4-12(11)26-13/h2-6,8,13H,7H2,1H3,(H,22,25)(H,21,23,24). The van der Waals surface area contributed by atoms with Crippen molar-refractivity contribution >= 4 is 35.1 Å². The number of thioether (sulfide) groups is 1. The van der Waals surface area contributed by atoms with E-state index in [2.05, 4.69) is 15.6 Å². The Balaban J connectivity index is 1.68. The fourth-order valence-corrected chi connectivity index (χ4v) is 3.46. The smallest absolute Gasteiger partial charge is 0.324 e. The number of fused-ring (bicyclic) bond motifs is 1. The minimum absolute atomic E-state index is 0.103. The van der Waals surface area contributed by atoms with Gasteiger partial charge >= 0.3 is 6.18 Å². The molecule has 1 aromatic heterocycles. The lowest BCUT2D eigenvalue weighted by Crippen LogP contribution is -2.32. The molecule has 26 heavy (non-hydrogen) atoms. The second-order valence-electron chi connectivity index (χ2n) is 5.78. The monoisotopic (exact) mass is 381 g/mol. The van der Waals surface area contributed by atoms with Crippen LogP contribution in [0.1, 0.15) is 17.5 Å². The van der Waals surface area contributed by atoms with Gasteiger partial charge in [0.2, 0.25) is 11.8 Å². The summed E-state index contributed by atoms with van der Waals surface area (Å²) in [5, 5.41) is 4.31. The molecule has 0 spiro atoms. The van der Waals surface area contributed by atoms with E-state index in [0.717, 1.165) is 29.5 Å². The molecule has 2 aromatic rings. The van der Waals surface area contributed by atoms with Crippen LogP contribution in [0.5, 0.6) is 0 Å². The molecular formula is C17H14F3N3O2S. The maximum Gasteiger partial charge on any atom is 0.416 e. The fraction of sp³-hybridized carbons (Fsp3) is 0.235. The molecule has 0 radical (unpaired) electrons. The van der Waals surface area contributed by atoms with E-state index in [4.69, 9.17) is 0 Å². The second-order valence-corrected chi connectivity index (χ2v) is 7.02. The highest BCUT2D eigenvalue weighted by molar-refractivity contribution is 8.01. The van der Waals surface area contributed by atoms with Crippen LogP contribution in [-0.2, 0) is 15.8 Å². The number of aromatic nitrogens is 1. The number of rotatable bonds is 3. The van der Waals surface area contributed by atoms with Gasteiger partial charge in [0.05, 0.1) is 16.5 Å². The lowest BCUT2D eigenvalue weighted by atomic mass is 10.1. The molecule has 2 N–H and O–H groups in total. The summed E-state index contributed by atoms with van der Waals surface area (Å²) in [7, 11) is 0. The fourth-order valence-electron chi connectivity index (χ4n) is 2.37. The van der Waals surface area contributed by atoms with E-state index < -0.39 is 28.8 Å². The molecule has 1 atom stereocenters. The van der Waals surface area contributed by atoms with Crippen LogP contribution in [0, 0.1) is 6.92 Å². The molecule has 5 nitrogen and oxygen atoms in total. The number of aryl methyl sites for hydroxylation is 1. The van der Waals surface area contributed by atoms with Crippen LogP contribution < -0.4 is 10.6 Å². The van der Waals surface area contributed by atoms with Crippen LogP contribution in [0.3, 0.4) is 0 Å². The van der Waals surface area contributed by atoms with Crippen molar-refractivity contribution in [2.75, 3.05) is 10.6 Å². The van der Waals surface area contributed by atoms with Crippen molar-refractivity contribution in [1.82, 2.24) is 4.98 Å². The van der Waals surface area contributed by atoms with Gasteiger partial charge in [-0.2, -0.15) is 13.2 Å². The largest absolute Gasteiger partial charge is 0.416 e. The highest BCUT2D eigenvalue weighted by atomic mass is 32.2. The summed E-state index contributed by atoms with van der Waals surface area (Å²) < 4.78 is 38.3. The van der Waals surface area contributed by atoms with Gasteiger partial charge in [0, 0.05) is 17.5 Å². The predicted molar refractivity (Wildman–Crippen MR) is 91.9 cm³/mol. The number of nitrogens with zero attached hydrogens (tertiary/aromatic N) is 1. The molecule has 1 aromatic carbocycles. The Morgan fingerprint density at radius 2 is 2.08 bits per heavy atom. The Hall–Kier alpha value is -2.55. The second kappa shape index (κ2) is 6.99. The summed E-state index contributed by atoms with van der Waals surface area (Å²) in [6.07, 6.45) is -3.00. The van der Waals surface area contributed by atoms with E-state index in [1.54, 1.807) is 18.3 Å². The number of anilines is 2. The zero-order valence-corrected chi connectivity index (χ0v) is 14.4. The molecule has 1 aliphatic rings. The number of carbonyl (C=O) groups excluding carboxylic acids is 2. The highest BCUT2D eigenvalue weighted by Crippen LogP contribution is 2.40. The molecule has 0 aliphatic carbocycles. The third-order valence-corrected chi connectivity index (χ3v) is 4.95. The normalized spacial score (nSPS) is 16.6. The maximum atomic E-state index is 12.8. The molecule has 3 rings (SSSR count). The van der Waals surface area contributed by atoms with Crippen molar-refractivity contribution in [3.05, 3.63) is 47.7 Å². The van der Waals surface area contributed by atoms with Gasteiger partial charge in [-0.15, -0.1) is 11.8 Å². The van der Waals surface area contributed by atoms with Crippen molar-refractivity contribution in [2.24, 2.45) is 0 Å². The van der Waals surface area contributed by atoms with Crippen LogP contribution in [-0.4, -0.2) is 22.0 Å². The number of carbonyl (C=O) groups is 2. The molecule has 1 unspecified atom stereocenters. The summed E-state index contributed by atoms with van der Waals surface area (Å²) in [6, 6.07) is 6.59. The minimum Gasteiger partial charge on any atom is -0.324 e. The van der Waals surface area contributed by atoms with Crippen LogP contribution in [0.2, 0.25) is 0 Å². The molecule has 0 saturated heterocycles. The van der Waals surface area contributed by atoms with Gasteiger partial charge in [-0.3, -0.25) is 9.59 Å². The van der Waals surface area contributed by atoms with Crippen LogP contribution in [0.15, 0.2) is 41.4 Å². The van der Waals surface area contributed by atoms with Crippen molar-refractivity contribution < 1.29 is 22.8 Å². The van der Waals surface area contributed by atoms with E-state index in [1.807, 2.05) is 6.92 Å². The number of amides is 2. The molecule has 2 heterocycles. The molecule has 1 aliphatic heterocycles. The zero-order chi connectivity index (χ0) is 18.9. The molecule has 9 heteroatoms. The first-order chi connectivity index (χ1) is 12.2. The molecule has 0 bridgehead atoms. The summed E-state index contributed by atoms with van der Waals surface area (Å²) in [5.74, 6) is -0.532. The third-order valence-electron chi connectivity index (χ3n) is 3.68. The van der Waals surface area contributed by atoms with Gasteiger partial charge in [-0.1, -0.05) is 6.07 Å². The summed E-state index contributed by atoms with van der Waals surface area (Å²) in [4.78, 5) is 28.8. The topological polar surface area (TPSA) is 71.1 Å². The van der Waals surface area contributed by atoms with E-state index in [9.17, 15) is 22.8 Å². The zero-order valence-electron chi connectivity index (χ0n) is 13.6. The molecule has 2 amide bonds. The SMILES string of the molecule is Cc1ccc(NC(=O)CC2Sc3ccc(C(F)(F)F)cc3NC2=O)nc1. The number of hydrogen-bond donors (Lipinski definition) is 2. The highest BCUT2D eigenvalue weighted by Gasteiger charge is 2.34. The van der Waals surface area contributed by atoms with Crippen molar-refractivity contribution in [2.45, 2.75) is 29.7 Å². The maximum absolute atomic E-state index is 12.8. The first kappa shape index (κ1) is 18.2. The van der Waals surface area contributed by atoms with E-state index >= 15 is 0 Å². The first-order valence-corrected chi connectivity index (χ1v) is 8.51. The lowest BCUT2D eigenvalue weighted by Gasteiger charge is -2.24. The summed E-state index contributed by atoms with van der Waals surface area (Å²) in [5.41, 5.74) is 0.213. The Labute approximate surface area is 151 Å².